The van der Waals surface area contributed by atoms with Crippen LogP contribution in [0, 0.1) is 13.8 Å². The van der Waals surface area contributed by atoms with E-state index in [0.717, 1.165) is 21.8 Å². The third kappa shape index (κ3) is 7.22. The largest absolute Gasteiger partial charge is 0.465 e. The summed E-state index contributed by atoms with van der Waals surface area (Å²) in [7, 11) is 1.25. The molecule has 1 unspecified atom stereocenters. The van der Waals surface area contributed by atoms with Crippen LogP contribution in [0.25, 0.3) is 0 Å². The Morgan fingerprint density at radius 3 is 2.17 bits per heavy atom. The number of carbonyl (C=O) groups excluding carboxylic acids is 4. The quantitative estimate of drug-likeness (QED) is 0.147. The first-order valence-electron chi connectivity index (χ1n) is 12.7. The number of para-hydroxylation sites is 1. The molecule has 0 fully saturated rings. The van der Waals surface area contributed by atoms with E-state index in [1.165, 1.54) is 18.9 Å². The van der Waals surface area contributed by atoms with Gasteiger partial charge in [0.25, 0.3) is 11.8 Å². The number of amides is 3. The predicted molar refractivity (Wildman–Crippen MR) is 164 cm³/mol. The van der Waals surface area contributed by atoms with Crippen molar-refractivity contribution in [2.75, 3.05) is 23.1 Å². The smallest absolute Gasteiger partial charge is 0.341 e. The van der Waals surface area contributed by atoms with E-state index in [4.69, 9.17) is 4.74 Å². The van der Waals surface area contributed by atoms with Crippen molar-refractivity contribution >= 4 is 63.2 Å². The lowest BCUT2D eigenvalue weighted by Crippen LogP contribution is -2.23. The van der Waals surface area contributed by atoms with Crippen LogP contribution in [0.1, 0.15) is 48.4 Å². The molecule has 1 heterocycles. The number of nitrogens with one attached hydrogen (secondary N) is 3. The summed E-state index contributed by atoms with van der Waals surface area (Å²) in [6.45, 7) is 5.26. The second kappa shape index (κ2) is 13.3. The third-order valence-electron chi connectivity index (χ3n) is 6.17. The van der Waals surface area contributed by atoms with Gasteiger partial charge in [0.2, 0.25) is 5.91 Å². The van der Waals surface area contributed by atoms with Crippen LogP contribution in [0.2, 0.25) is 0 Å². The lowest BCUT2D eigenvalue weighted by atomic mass is 10.1. The van der Waals surface area contributed by atoms with Crippen LogP contribution >= 0.6 is 23.1 Å². The van der Waals surface area contributed by atoms with Crippen LogP contribution in [0.4, 0.5) is 16.4 Å². The van der Waals surface area contributed by atoms with Gasteiger partial charge in [-0.25, -0.2) is 4.79 Å². The number of hydrogen-bond donors (Lipinski definition) is 3. The Labute approximate surface area is 246 Å². The molecule has 0 saturated carbocycles. The Hall–Kier alpha value is -4.41. The molecule has 0 aliphatic carbocycles. The molecule has 8 nitrogen and oxygen atoms in total. The molecule has 0 saturated heterocycles. The van der Waals surface area contributed by atoms with Crippen molar-refractivity contribution in [3.8, 4) is 0 Å². The highest BCUT2D eigenvalue weighted by molar-refractivity contribution is 8.00. The molecule has 3 N–H and O–H groups in total. The van der Waals surface area contributed by atoms with Crippen molar-refractivity contribution in [3.63, 3.8) is 0 Å². The monoisotopic (exact) mass is 587 g/mol. The van der Waals surface area contributed by atoms with Crippen molar-refractivity contribution in [1.29, 1.82) is 0 Å². The van der Waals surface area contributed by atoms with Crippen LogP contribution in [0.5, 0.6) is 0 Å². The van der Waals surface area contributed by atoms with Crippen molar-refractivity contribution in [1.82, 2.24) is 0 Å². The first-order valence-corrected chi connectivity index (χ1v) is 14.4. The number of carbonyl (C=O) groups is 4. The van der Waals surface area contributed by atoms with Gasteiger partial charge in [0, 0.05) is 21.8 Å². The highest BCUT2D eigenvalue weighted by Gasteiger charge is 2.27. The fourth-order valence-electron chi connectivity index (χ4n) is 4.02. The SMILES string of the molecule is COC(=O)c1c(NC(=O)C(C)Sc2cccc(NC(=O)c3ccccc3C)c2)sc(C(=O)Nc2ccccc2)c1C. The van der Waals surface area contributed by atoms with E-state index in [1.807, 2.05) is 37.3 Å². The average molecular weight is 588 g/mol. The number of aryl methyl sites for hydroxylation is 1. The molecule has 10 heteroatoms. The molecule has 0 radical (unpaired) electrons. The summed E-state index contributed by atoms with van der Waals surface area (Å²) in [5.41, 5.74) is 3.23. The van der Waals surface area contributed by atoms with Gasteiger partial charge in [0.15, 0.2) is 0 Å². The number of anilines is 3. The standard InChI is InChI=1S/C31H29N3O5S2/c1-18-11-8-9-16-24(18)28(36)33-22-14-10-15-23(17-22)40-20(3)27(35)34-30-25(31(38)39-4)19(2)26(41-30)29(37)32-21-12-6-5-7-13-21/h5-17,20H,1-4H3,(H,32,37)(H,33,36)(H,34,35). The van der Waals surface area contributed by atoms with Crippen molar-refractivity contribution in [2.24, 2.45) is 0 Å². The fraction of sp³-hybridized carbons (Fsp3) is 0.161. The van der Waals surface area contributed by atoms with Gasteiger partial charge in [-0.3, -0.25) is 14.4 Å². The molecular weight excluding hydrogens is 558 g/mol. The Kier molecular flexibility index (Phi) is 9.59. The van der Waals surface area contributed by atoms with E-state index >= 15 is 0 Å². The molecule has 0 aliphatic rings. The zero-order chi connectivity index (χ0) is 29.5. The number of methoxy groups -OCH3 is 1. The normalized spacial score (nSPS) is 11.3. The summed E-state index contributed by atoms with van der Waals surface area (Å²) in [5.74, 6) is -1.61. The molecule has 3 amide bonds. The zero-order valence-corrected chi connectivity index (χ0v) is 24.6. The van der Waals surface area contributed by atoms with Crippen LogP contribution in [0.15, 0.2) is 83.8 Å². The molecular formula is C31H29N3O5S2. The van der Waals surface area contributed by atoms with Crippen molar-refractivity contribution < 1.29 is 23.9 Å². The predicted octanol–water partition coefficient (Wildman–Crippen LogP) is 6.78. The maximum Gasteiger partial charge on any atom is 0.341 e. The van der Waals surface area contributed by atoms with Crippen LogP contribution in [-0.4, -0.2) is 36.1 Å². The highest BCUT2D eigenvalue weighted by Crippen LogP contribution is 2.35. The van der Waals surface area contributed by atoms with E-state index in [9.17, 15) is 19.2 Å². The molecule has 3 aromatic carbocycles. The van der Waals surface area contributed by atoms with Crippen LogP contribution in [-0.2, 0) is 9.53 Å². The molecule has 0 aliphatic heterocycles. The average Bonchev–Trinajstić information content (AvgIpc) is 3.28. The minimum absolute atomic E-state index is 0.141. The van der Waals surface area contributed by atoms with Gasteiger partial charge in [0.05, 0.1) is 22.8 Å². The van der Waals surface area contributed by atoms with E-state index in [-0.39, 0.29) is 22.4 Å². The molecule has 41 heavy (non-hydrogen) atoms. The molecule has 4 aromatic rings. The first kappa shape index (κ1) is 29.6. The minimum Gasteiger partial charge on any atom is -0.465 e. The van der Waals surface area contributed by atoms with Gasteiger partial charge < -0.3 is 20.7 Å². The molecule has 1 aromatic heterocycles. The summed E-state index contributed by atoms with van der Waals surface area (Å²) in [5, 5.41) is 8.20. The Morgan fingerprint density at radius 1 is 0.805 bits per heavy atom. The lowest BCUT2D eigenvalue weighted by molar-refractivity contribution is -0.115. The number of rotatable bonds is 9. The number of hydrogen-bond acceptors (Lipinski definition) is 7. The first-order chi connectivity index (χ1) is 19.7. The minimum atomic E-state index is -0.648. The molecule has 0 spiro atoms. The van der Waals surface area contributed by atoms with E-state index in [2.05, 4.69) is 16.0 Å². The second-order valence-electron chi connectivity index (χ2n) is 9.12. The van der Waals surface area contributed by atoms with Gasteiger partial charge >= 0.3 is 5.97 Å². The second-order valence-corrected chi connectivity index (χ2v) is 11.6. The van der Waals surface area contributed by atoms with Gasteiger partial charge in [-0.1, -0.05) is 42.5 Å². The van der Waals surface area contributed by atoms with Gasteiger partial charge in [-0.05, 0) is 68.3 Å². The number of esters is 1. The lowest BCUT2D eigenvalue weighted by Gasteiger charge is -2.13. The summed E-state index contributed by atoms with van der Waals surface area (Å²) in [6.07, 6.45) is 0. The summed E-state index contributed by atoms with van der Waals surface area (Å²) in [4.78, 5) is 52.6. The highest BCUT2D eigenvalue weighted by atomic mass is 32.2. The number of thiophene rings is 1. The van der Waals surface area contributed by atoms with E-state index in [1.54, 1.807) is 62.4 Å². The summed E-state index contributed by atoms with van der Waals surface area (Å²) in [6, 6.07) is 23.5. The Bertz CT molecular complexity index is 1600. The van der Waals surface area contributed by atoms with Crippen LogP contribution < -0.4 is 16.0 Å². The number of thioether (sulfide) groups is 1. The Balaban J connectivity index is 1.47. The van der Waals surface area contributed by atoms with Crippen LogP contribution in [0.3, 0.4) is 0 Å². The fourth-order valence-corrected chi connectivity index (χ4v) is 6.04. The van der Waals surface area contributed by atoms with Gasteiger partial charge in [-0.15, -0.1) is 23.1 Å². The number of benzene rings is 3. The summed E-state index contributed by atoms with van der Waals surface area (Å²) >= 11 is 2.31. The Morgan fingerprint density at radius 2 is 1.46 bits per heavy atom. The third-order valence-corrected chi connectivity index (χ3v) is 8.47. The van der Waals surface area contributed by atoms with Crippen molar-refractivity contribution in [3.05, 3.63) is 106 Å². The topological polar surface area (TPSA) is 114 Å². The number of ether oxygens (including phenoxy) is 1. The maximum atomic E-state index is 13.2. The van der Waals surface area contributed by atoms with Crippen molar-refractivity contribution in [2.45, 2.75) is 30.9 Å². The van der Waals surface area contributed by atoms with Gasteiger partial charge in [-0.2, -0.15) is 0 Å². The molecule has 210 valence electrons. The molecule has 0 bridgehead atoms. The molecule has 1 atom stereocenters. The summed E-state index contributed by atoms with van der Waals surface area (Å²) < 4.78 is 4.94. The maximum absolute atomic E-state index is 13.2. The van der Waals surface area contributed by atoms with E-state index in [0.29, 0.717) is 27.4 Å². The molecule has 4 rings (SSSR count). The zero-order valence-electron chi connectivity index (χ0n) is 22.9. The van der Waals surface area contributed by atoms with E-state index < -0.39 is 17.1 Å². The van der Waals surface area contributed by atoms with Gasteiger partial charge in [0.1, 0.15) is 5.00 Å².